The highest BCUT2D eigenvalue weighted by Crippen LogP contribution is 2.25. The first-order valence-corrected chi connectivity index (χ1v) is 8.74. The number of hydrogen-bond acceptors (Lipinski definition) is 4. The summed E-state index contributed by atoms with van der Waals surface area (Å²) in [5.74, 6) is 0.538. The van der Waals surface area contributed by atoms with Gasteiger partial charge in [-0.15, -0.1) is 0 Å². The molecule has 0 atom stereocenters. The van der Waals surface area contributed by atoms with Gasteiger partial charge in [0.05, 0.1) is 0 Å². The number of hydrogen-bond donors (Lipinski definition) is 1. The Kier molecular flexibility index (Phi) is 6.81. The first-order chi connectivity index (χ1) is 12.4. The summed E-state index contributed by atoms with van der Waals surface area (Å²) in [6.45, 7) is 4.76. The summed E-state index contributed by atoms with van der Waals surface area (Å²) >= 11 is 3.36. The largest absolute Gasteiger partial charge is 0.490 e. The van der Waals surface area contributed by atoms with E-state index in [4.69, 9.17) is 20.5 Å². The van der Waals surface area contributed by atoms with Crippen molar-refractivity contribution in [3.05, 3.63) is 63.1 Å². The van der Waals surface area contributed by atoms with E-state index in [0.29, 0.717) is 24.5 Å². The van der Waals surface area contributed by atoms with Crippen LogP contribution in [0.5, 0.6) is 11.5 Å². The maximum absolute atomic E-state index is 11.3. The van der Waals surface area contributed by atoms with Crippen LogP contribution in [0.3, 0.4) is 0 Å². The van der Waals surface area contributed by atoms with Gasteiger partial charge in [0.1, 0.15) is 36.4 Å². The van der Waals surface area contributed by atoms with Crippen molar-refractivity contribution in [3.8, 4) is 17.6 Å². The maximum Gasteiger partial charge on any atom is 0.259 e. The molecule has 5 nitrogen and oxygen atoms in total. The minimum Gasteiger partial charge on any atom is -0.490 e. The molecule has 134 valence electrons. The summed E-state index contributed by atoms with van der Waals surface area (Å²) in [5, 5.41) is 9.01. The van der Waals surface area contributed by atoms with E-state index in [1.54, 1.807) is 18.2 Å². The number of rotatable bonds is 7. The average Bonchev–Trinajstić information content (AvgIpc) is 2.60. The van der Waals surface area contributed by atoms with Crippen LogP contribution in [0.2, 0.25) is 0 Å². The van der Waals surface area contributed by atoms with Gasteiger partial charge in [-0.25, -0.2) is 0 Å². The van der Waals surface area contributed by atoms with Crippen molar-refractivity contribution in [1.29, 1.82) is 5.26 Å². The lowest BCUT2D eigenvalue weighted by molar-refractivity contribution is -0.114. The Morgan fingerprint density at radius 1 is 1.15 bits per heavy atom. The topological polar surface area (TPSA) is 85.3 Å². The van der Waals surface area contributed by atoms with E-state index in [1.807, 2.05) is 38.1 Å². The number of aryl methyl sites for hydroxylation is 2. The number of nitriles is 1. The molecule has 2 rings (SSSR count). The molecule has 0 saturated heterocycles. The summed E-state index contributed by atoms with van der Waals surface area (Å²) in [7, 11) is 0. The number of amides is 1. The van der Waals surface area contributed by atoms with Crippen LogP contribution in [0.1, 0.15) is 16.7 Å². The minimum atomic E-state index is -0.781. The summed E-state index contributed by atoms with van der Waals surface area (Å²) in [4.78, 5) is 11.3. The molecule has 0 spiro atoms. The monoisotopic (exact) mass is 414 g/mol. The number of nitrogens with zero attached hydrogens (tertiary/aromatic N) is 1. The zero-order chi connectivity index (χ0) is 19.1. The highest BCUT2D eigenvalue weighted by atomic mass is 79.9. The van der Waals surface area contributed by atoms with Crippen LogP contribution in [0, 0.1) is 25.2 Å². The van der Waals surface area contributed by atoms with Gasteiger partial charge in [-0.05, 0) is 61.4 Å². The molecule has 0 aliphatic heterocycles. The number of ether oxygens (including phenoxy) is 2. The van der Waals surface area contributed by atoms with Gasteiger partial charge >= 0.3 is 0 Å². The molecule has 0 bridgehead atoms. The van der Waals surface area contributed by atoms with E-state index in [9.17, 15) is 4.79 Å². The van der Waals surface area contributed by atoms with E-state index < -0.39 is 5.91 Å². The predicted octanol–water partition coefficient (Wildman–Crippen LogP) is 3.92. The van der Waals surface area contributed by atoms with Gasteiger partial charge in [0, 0.05) is 10.0 Å². The molecule has 6 heteroatoms. The molecule has 0 aliphatic carbocycles. The Labute approximate surface area is 161 Å². The standard InChI is InChI=1S/C20H19BrN2O3/c1-13-3-5-18(9-14(13)2)25-7-8-26-19-6-4-17(21)11-15(19)10-16(12-22)20(23)24/h3-6,9-11H,7-8H2,1-2H3,(H2,23,24). The van der Waals surface area contributed by atoms with Crippen LogP contribution in [-0.2, 0) is 4.79 Å². The molecular weight excluding hydrogens is 396 g/mol. The molecule has 0 fully saturated rings. The van der Waals surface area contributed by atoms with Crippen molar-refractivity contribution in [1.82, 2.24) is 0 Å². The number of benzene rings is 2. The molecule has 26 heavy (non-hydrogen) atoms. The zero-order valence-corrected chi connectivity index (χ0v) is 16.2. The summed E-state index contributed by atoms with van der Waals surface area (Å²) in [6, 6.07) is 13.0. The van der Waals surface area contributed by atoms with E-state index in [-0.39, 0.29) is 5.57 Å². The first-order valence-electron chi connectivity index (χ1n) is 7.94. The Morgan fingerprint density at radius 2 is 1.88 bits per heavy atom. The van der Waals surface area contributed by atoms with Crippen LogP contribution >= 0.6 is 15.9 Å². The molecule has 0 unspecified atom stereocenters. The van der Waals surface area contributed by atoms with E-state index in [2.05, 4.69) is 15.9 Å². The smallest absolute Gasteiger partial charge is 0.259 e. The van der Waals surface area contributed by atoms with Crippen LogP contribution in [-0.4, -0.2) is 19.1 Å². The Balaban J connectivity index is 2.04. The quantitative estimate of drug-likeness (QED) is 0.422. The van der Waals surface area contributed by atoms with Crippen molar-refractivity contribution >= 4 is 27.9 Å². The van der Waals surface area contributed by atoms with E-state index in [1.165, 1.54) is 17.2 Å². The van der Waals surface area contributed by atoms with Crippen LogP contribution in [0.15, 0.2) is 46.4 Å². The van der Waals surface area contributed by atoms with Gasteiger partial charge in [0.15, 0.2) is 0 Å². The molecule has 0 aliphatic rings. The fourth-order valence-electron chi connectivity index (χ4n) is 2.19. The van der Waals surface area contributed by atoms with Crippen LogP contribution < -0.4 is 15.2 Å². The molecular formula is C20H19BrN2O3. The summed E-state index contributed by atoms with van der Waals surface area (Å²) in [5.41, 5.74) is 8.01. The van der Waals surface area contributed by atoms with Gasteiger partial charge < -0.3 is 15.2 Å². The Morgan fingerprint density at radius 3 is 2.54 bits per heavy atom. The number of primary amides is 1. The van der Waals surface area contributed by atoms with Crippen molar-refractivity contribution in [3.63, 3.8) is 0 Å². The molecule has 2 N–H and O–H groups in total. The van der Waals surface area contributed by atoms with Crippen molar-refractivity contribution in [2.75, 3.05) is 13.2 Å². The average molecular weight is 415 g/mol. The van der Waals surface area contributed by atoms with Gasteiger partial charge in [0.2, 0.25) is 0 Å². The number of nitrogens with two attached hydrogens (primary N) is 1. The van der Waals surface area contributed by atoms with E-state index in [0.717, 1.165) is 10.2 Å². The SMILES string of the molecule is Cc1ccc(OCCOc2ccc(Br)cc2C=C(C#N)C(N)=O)cc1C. The lowest BCUT2D eigenvalue weighted by Gasteiger charge is -2.12. The van der Waals surface area contributed by atoms with Crippen LogP contribution in [0.4, 0.5) is 0 Å². The number of carbonyl (C=O) groups excluding carboxylic acids is 1. The van der Waals surface area contributed by atoms with Crippen molar-refractivity contribution in [2.24, 2.45) is 5.73 Å². The molecule has 0 aromatic heterocycles. The van der Waals surface area contributed by atoms with Gasteiger partial charge in [-0.1, -0.05) is 22.0 Å². The second kappa shape index (κ2) is 9.07. The Hall–Kier alpha value is -2.78. The summed E-state index contributed by atoms with van der Waals surface area (Å²) in [6.07, 6.45) is 1.41. The highest BCUT2D eigenvalue weighted by molar-refractivity contribution is 9.10. The number of carbonyl (C=O) groups is 1. The highest BCUT2D eigenvalue weighted by Gasteiger charge is 2.08. The van der Waals surface area contributed by atoms with Crippen LogP contribution in [0.25, 0.3) is 6.08 Å². The first kappa shape index (κ1) is 19.5. The second-order valence-electron chi connectivity index (χ2n) is 5.66. The lowest BCUT2D eigenvalue weighted by Crippen LogP contribution is -2.13. The van der Waals surface area contributed by atoms with Gasteiger partial charge in [-0.2, -0.15) is 5.26 Å². The molecule has 1 amide bonds. The minimum absolute atomic E-state index is 0.140. The molecule has 0 saturated carbocycles. The third-order valence-electron chi connectivity index (χ3n) is 3.75. The zero-order valence-electron chi connectivity index (χ0n) is 14.6. The van der Waals surface area contributed by atoms with E-state index >= 15 is 0 Å². The number of halogens is 1. The molecule has 0 radical (unpaired) electrons. The Bertz CT molecular complexity index is 885. The third kappa shape index (κ3) is 5.36. The third-order valence-corrected chi connectivity index (χ3v) is 4.24. The maximum atomic E-state index is 11.3. The van der Waals surface area contributed by atoms with Crippen molar-refractivity contribution < 1.29 is 14.3 Å². The fourth-order valence-corrected chi connectivity index (χ4v) is 2.57. The molecule has 2 aromatic carbocycles. The lowest BCUT2D eigenvalue weighted by atomic mass is 10.1. The molecule has 2 aromatic rings. The normalized spacial score (nSPS) is 10.9. The second-order valence-corrected chi connectivity index (χ2v) is 6.57. The predicted molar refractivity (Wildman–Crippen MR) is 104 cm³/mol. The van der Waals surface area contributed by atoms with Gasteiger partial charge in [-0.3, -0.25) is 4.79 Å². The van der Waals surface area contributed by atoms with Gasteiger partial charge in [0.25, 0.3) is 5.91 Å². The van der Waals surface area contributed by atoms with Crippen molar-refractivity contribution in [2.45, 2.75) is 13.8 Å². The summed E-state index contributed by atoms with van der Waals surface area (Å²) < 4.78 is 12.2. The molecule has 0 heterocycles. The fraction of sp³-hybridized carbons (Fsp3) is 0.200.